The first-order valence-corrected chi connectivity index (χ1v) is 7.06. The molecule has 1 saturated carbocycles. The molecule has 0 saturated heterocycles. The van der Waals surface area contributed by atoms with Gasteiger partial charge in [-0.3, -0.25) is 4.90 Å². The number of fused-ring (bicyclic) bond motifs is 1. The van der Waals surface area contributed by atoms with Crippen LogP contribution in [0.3, 0.4) is 0 Å². The molecule has 0 atom stereocenters. The Hall–Kier alpha value is -1.86. The molecule has 3 rings (SSSR count). The van der Waals surface area contributed by atoms with Gasteiger partial charge < -0.3 is 5.11 Å². The van der Waals surface area contributed by atoms with Gasteiger partial charge in [-0.05, 0) is 47.9 Å². The smallest absolute Gasteiger partial charge is 0.335 e. The van der Waals surface area contributed by atoms with Crippen LogP contribution in [0.25, 0.3) is 0 Å². The van der Waals surface area contributed by atoms with Gasteiger partial charge in [-0.15, -0.1) is 0 Å². The maximum absolute atomic E-state index is 11.0. The molecule has 1 aliphatic heterocycles. The Morgan fingerprint density at radius 3 is 2.85 bits per heavy atom. The van der Waals surface area contributed by atoms with Crippen molar-refractivity contribution in [1.29, 1.82) is 5.26 Å². The predicted octanol–water partition coefficient (Wildman–Crippen LogP) is 2.44. The summed E-state index contributed by atoms with van der Waals surface area (Å²) in [6.45, 7) is 2.79. The minimum absolute atomic E-state index is 0.219. The number of hydrogen-bond acceptors (Lipinski definition) is 3. The van der Waals surface area contributed by atoms with Crippen molar-refractivity contribution >= 4 is 5.97 Å². The predicted molar refractivity (Wildman–Crippen MR) is 74.3 cm³/mol. The summed E-state index contributed by atoms with van der Waals surface area (Å²) < 4.78 is 0. The topological polar surface area (TPSA) is 64.3 Å². The quantitative estimate of drug-likeness (QED) is 0.912. The zero-order valence-corrected chi connectivity index (χ0v) is 11.4. The average Bonchev–Trinajstić information content (AvgIpc) is 3.17. The minimum Gasteiger partial charge on any atom is -0.478 e. The van der Waals surface area contributed by atoms with Crippen molar-refractivity contribution in [3.05, 3.63) is 34.9 Å². The molecular formula is C16H18N2O2. The van der Waals surface area contributed by atoms with Gasteiger partial charge in [-0.1, -0.05) is 6.07 Å². The summed E-state index contributed by atoms with van der Waals surface area (Å²) in [5.41, 5.74) is 2.97. The molecule has 1 aliphatic carbocycles. The largest absolute Gasteiger partial charge is 0.478 e. The highest BCUT2D eigenvalue weighted by Crippen LogP contribution is 2.49. The monoisotopic (exact) mass is 270 g/mol. The maximum atomic E-state index is 11.0. The molecule has 1 aromatic carbocycles. The van der Waals surface area contributed by atoms with Crippen LogP contribution in [0, 0.1) is 16.7 Å². The van der Waals surface area contributed by atoms with E-state index in [4.69, 9.17) is 10.4 Å². The first-order chi connectivity index (χ1) is 9.62. The number of carboxylic acid groups (broad SMARTS) is 1. The lowest BCUT2D eigenvalue weighted by atomic mass is 9.95. The Labute approximate surface area is 118 Å². The molecular weight excluding hydrogens is 252 g/mol. The van der Waals surface area contributed by atoms with Crippen molar-refractivity contribution in [2.45, 2.75) is 32.2 Å². The fraction of sp³-hybridized carbons (Fsp3) is 0.500. The van der Waals surface area contributed by atoms with Crippen LogP contribution < -0.4 is 0 Å². The van der Waals surface area contributed by atoms with Gasteiger partial charge in [0.1, 0.15) is 0 Å². The number of benzene rings is 1. The number of nitrogens with zero attached hydrogens (tertiary/aromatic N) is 2. The summed E-state index contributed by atoms with van der Waals surface area (Å²) in [5, 5.41) is 18.0. The zero-order chi connectivity index (χ0) is 14.2. The highest BCUT2D eigenvalue weighted by Gasteiger charge is 2.43. The summed E-state index contributed by atoms with van der Waals surface area (Å²) in [7, 11) is 0. The summed E-state index contributed by atoms with van der Waals surface area (Å²) in [6.07, 6.45) is 3.92. The van der Waals surface area contributed by atoms with Crippen molar-refractivity contribution in [1.82, 2.24) is 4.90 Å². The lowest BCUT2D eigenvalue weighted by Gasteiger charge is -2.31. The van der Waals surface area contributed by atoms with Gasteiger partial charge in [0.25, 0.3) is 0 Å². The molecule has 0 spiro atoms. The molecule has 2 aliphatic rings. The lowest BCUT2D eigenvalue weighted by Crippen LogP contribution is -2.35. The van der Waals surface area contributed by atoms with Gasteiger partial charge >= 0.3 is 5.97 Å². The Morgan fingerprint density at radius 1 is 1.40 bits per heavy atom. The van der Waals surface area contributed by atoms with E-state index in [1.54, 1.807) is 12.1 Å². The molecule has 0 amide bonds. The van der Waals surface area contributed by atoms with Crippen LogP contribution in [0.1, 0.15) is 40.7 Å². The third-order valence-electron chi connectivity index (χ3n) is 4.51. The van der Waals surface area contributed by atoms with Crippen molar-refractivity contribution in [3.63, 3.8) is 0 Å². The highest BCUT2D eigenvalue weighted by atomic mass is 16.4. The van der Waals surface area contributed by atoms with Crippen LogP contribution in [-0.2, 0) is 13.0 Å². The molecule has 0 bridgehead atoms. The molecule has 0 radical (unpaired) electrons. The maximum Gasteiger partial charge on any atom is 0.335 e. The van der Waals surface area contributed by atoms with Gasteiger partial charge in [-0.2, -0.15) is 5.26 Å². The van der Waals surface area contributed by atoms with Gasteiger partial charge in [-0.25, -0.2) is 4.79 Å². The van der Waals surface area contributed by atoms with E-state index in [0.717, 1.165) is 44.5 Å². The third kappa shape index (κ3) is 2.54. The molecule has 1 heterocycles. The fourth-order valence-electron chi connectivity index (χ4n) is 3.09. The van der Waals surface area contributed by atoms with E-state index in [9.17, 15) is 4.79 Å². The van der Waals surface area contributed by atoms with E-state index in [1.165, 1.54) is 5.56 Å². The summed E-state index contributed by atoms with van der Waals surface area (Å²) in [5.74, 6) is -0.868. The van der Waals surface area contributed by atoms with Crippen LogP contribution in [0.15, 0.2) is 18.2 Å². The second kappa shape index (κ2) is 4.92. The van der Waals surface area contributed by atoms with Gasteiger partial charge in [0.2, 0.25) is 0 Å². The van der Waals surface area contributed by atoms with Gasteiger partial charge in [0.15, 0.2) is 0 Å². The molecule has 1 fully saturated rings. The first kappa shape index (κ1) is 13.1. The number of nitriles is 1. The molecule has 4 nitrogen and oxygen atoms in total. The Morgan fingerprint density at radius 2 is 2.20 bits per heavy atom. The first-order valence-electron chi connectivity index (χ1n) is 7.06. The number of carbonyl (C=O) groups is 1. The molecule has 1 N–H and O–H groups in total. The highest BCUT2D eigenvalue weighted by molar-refractivity contribution is 5.87. The van der Waals surface area contributed by atoms with Crippen LogP contribution in [-0.4, -0.2) is 29.1 Å². The van der Waals surface area contributed by atoms with E-state index in [-0.39, 0.29) is 5.41 Å². The van der Waals surface area contributed by atoms with E-state index in [2.05, 4.69) is 11.0 Å². The molecule has 1 aromatic rings. The fourth-order valence-corrected chi connectivity index (χ4v) is 3.09. The summed E-state index contributed by atoms with van der Waals surface area (Å²) >= 11 is 0. The average molecular weight is 270 g/mol. The van der Waals surface area contributed by atoms with Crippen LogP contribution in [0.2, 0.25) is 0 Å². The second-order valence-corrected chi connectivity index (χ2v) is 6.08. The number of carboxylic acids is 1. The third-order valence-corrected chi connectivity index (χ3v) is 4.51. The standard InChI is InChI=1S/C16H18N2O2/c17-7-6-16(4-5-16)11-18-8-3-12-1-2-13(15(19)20)9-14(12)10-18/h1-2,9H,3-6,8,10-11H2,(H,19,20). The van der Waals surface area contributed by atoms with Crippen molar-refractivity contribution in [2.75, 3.05) is 13.1 Å². The second-order valence-electron chi connectivity index (χ2n) is 6.08. The number of hydrogen-bond donors (Lipinski definition) is 1. The molecule has 0 unspecified atom stereocenters. The summed E-state index contributed by atoms with van der Waals surface area (Å²) in [4.78, 5) is 13.4. The molecule has 4 heteroatoms. The summed E-state index contributed by atoms with van der Waals surface area (Å²) in [6, 6.07) is 7.73. The Kier molecular flexibility index (Phi) is 3.23. The van der Waals surface area contributed by atoms with E-state index >= 15 is 0 Å². The molecule has 0 aromatic heterocycles. The van der Waals surface area contributed by atoms with Crippen molar-refractivity contribution < 1.29 is 9.90 Å². The van der Waals surface area contributed by atoms with E-state index in [0.29, 0.717) is 12.0 Å². The molecule has 104 valence electrons. The van der Waals surface area contributed by atoms with Crippen LogP contribution in [0.4, 0.5) is 0 Å². The Balaban J connectivity index is 1.73. The van der Waals surface area contributed by atoms with Gasteiger partial charge in [0.05, 0.1) is 11.6 Å². The lowest BCUT2D eigenvalue weighted by molar-refractivity contribution is 0.0696. The normalized spacial score (nSPS) is 19.9. The van der Waals surface area contributed by atoms with Crippen molar-refractivity contribution in [2.24, 2.45) is 5.41 Å². The van der Waals surface area contributed by atoms with Crippen LogP contribution >= 0.6 is 0 Å². The van der Waals surface area contributed by atoms with E-state index in [1.807, 2.05) is 6.07 Å². The Bertz CT molecular complexity index is 585. The SMILES string of the molecule is N#CCC1(CN2CCc3ccc(C(=O)O)cc3C2)CC1. The van der Waals surface area contributed by atoms with Gasteiger partial charge in [0, 0.05) is 26.1 Å². The van der Waals surface area contributed by atoms with Crippen LogP contribution in [0.5, 0.6) is 0 Å². The van der Waals surface area contributed by atoms with Crippen molar-refractivity contribution in [3.8, 4) is 6.07 Å². The minimum atomic E-state index is -0.868. The molecule has 20 heavy (non-hydrogen) atoms. The number of rotatable bonds is 4. The number of aromatic carboxylic acids is 1. The van der Waals surface area contributed by atoms with E-state index < -0.39 is 5.97 Å². The zero-order valence-electron chi connectivity index (χ0n) is 11.4.